The van der Waals surface area contributed by atoms with Crippen LogP contribution < -0.4 is 32.6 Å². The van der Waals surface area contributed by atoms with Crippen molar-refractivity contribution in [2.24, 2.45) is 0 Å². The number of nitrogens with one attached hydrogen (secondary N) is 3. The second kappa shape index (κ2) is 25.7. The van der Waals surface area contributed by atoms with Gasteiger partial charge in [-0.3, -0.25) is 51.9 Å². The third-order valence-electron chi connectivity index (χ3n) is 12.1. The molecule has 4 unspecified atom stereocenters. The maximum atomic E-state index is 14.3. The van der Waals surface area contributed by atoms with Gasteiger partial charge in [-0.25, -0.2) is 18.7 Å². The zero-order chi connectivity index (χ0) is 56.8. The summed E-state index contributed by atoms with van der Waals surface area (Å²) in [7, 11) is -8.45. The SMILES string of the molecule is Cc1c(F)c(F)c(OC(=O)CCOCCOCCOCCOCCOCCC(=O)NC2[C@H]3OP(C)(=O)OC[C@H]4O[C@@H](n5cnc6c(=O)[nH]c(N)nc65)C(O)[C@H]4OP(C)(=O)OC[C@H]3O[C@H]2n2cnc3c(=O)[nH]c(N)nc32)c(F)c1F. The third-order valence-corrected chi connectivity index (χ3v) is 14.6. The van der Waals surface area contributed by atoms with Crippen LogP contribution in [0.15, 0.2) is 22.2 Å². The molecule has 4 aromatic heterocycles. The van der Waals surface area contributed by atoms with Gasteiger partial charge in [-0.2, -0.15) is 18.7 Å². The minimum absolute atomic E-state index is 0.0368. The van der Waals surface area contributed by atoms with E-state index in [1.165, 1.54) is 21.8 Å². The zero-order valence-corrected chi connectivity index (χ0v) is 44.0. The minimum atomic E-state index is -4.24. The van der Waals surface area contributed by atoms with Gasteiger partial charge in [-0.05, 0) is 6.92 Å². The van der Waals surface area contributed by atoms with E-state index in [0.29, 0.717) is 0 Å². The topological polar surface area (TPSA) is 390 Å². The fourth-order valence-corrected chi connectivity index (χ4v) is 10.7. The van der Waals surface area contributed by atoms with E-state index in [1.807, 2.05) is 0 Å². The number of benzene rings is 1. The van der Waals surface area contributed by atoms with Gasteiger partial charge in [0.15, 0.2) is 46.4 Å². The van der Waals surface area contributed by atoms with Gasteiger partial charge < -0.3 is 73.4 Å². The smallest absolute Gasteiger partial charge is 0.328 e. The van der Waals surface area contributed by atoms with Crippen molar-refractivity contribution in [3.8, 4) is 5.75 Å². The van der Waals surface area contributed by atoms with Crippen LogP contribution in [0.4, 0.5) is 29.5 Å². The van der Waals surface area contributed by atoms with Crippen molar-refractivity contribution in [2.75, 3.05) is 104 Å². The fourth-order valence-electron chi connectivity index (χ4n) is 8.32. The lowest BCUT2D eigenvalue weighted by Gasteiger charge is -2.30. The first kappa shape index (κ1) is 59.3. The predicted molar refractivity (Wildman–Crippen MR) is 260 cm³/mol. The number of aromatic amines is 2. The molecule has 434 valence electrons. The fraction of sp³-hybridized carbons (Fsp3) is 0.581. The van der Waals surface area contributed by atoms with Crippen LogP contribution >= 0.6 is 15.2 Å². The molecule has 3 fully saturated rings. The van der Waals surface area contributed by atoms with Crippen LogP contribution in [-0.2, 0) is 70.0 Å². The largest absolute Gasteiger partial charge is 0.420 e. The number of nitrogens with zero attached hydrogens (tertiary/aromatic N) is 6. The molecule has 36 heteroatoms. The molecule has 0 radical (unpaired) electrons. The maximum absolute atomic E-state index is 14.3. The summed E-state index contributed by atoms with van der Waals surface area (Å²) < 4.78 is 154. The number of nitrogens with two attached hydrogens (primary N) is 2. The number of ether oxygens (including phenoxy) is 8. The first-order valence-corrected chi connectivity index (χ1v) is 28.1. The molecule has 79 heavy (non-hydrogen) atoms. The van der Waals surface area contributed by atoms with Crippen molar-refractivity contribution in [3.05, 3.63) is 62.2 Å². The number of hydrogen-bond acceptors (Lipinski definition) is 25. The molecule has 3 aliphatic heterocycles. The summed E-state index contributed by atoms with van der Waals surface area (Å²) in [4.78, 5) is 72.0. The van der Waals surface area contributed by atoms with Crippen LogP contribution in [-0.4, -0.2) is 185 Å². The Morgan fingerprint density at radius 3 is 1.63 bits per heavy atom. The van der Waals surface area contributed by atoms with E-state index < -0.39 is 141 Å². The normalized spacial score (nSPS) is 26.4. The van der Waals surface area contributed by atoms with E-state index in [4.69, 9.17) is 62.7 Å². The number of carbonyl (C=O) groups is 2. The maximum Gasteiger partial charge on any atom is 0.328 e. The summed E-state index contributed by atoms with van der Waals surface area (Å²) in [6, 6.07) is -1.28. The molecule has 30 nitrogen and oxygen atoms in total. The predicted octanol–water partition coefficient (Wildman–Crippen LogP) is 0.854. The molecule has 8 rings (SSSR count). The van der Waals surface area contributed by atoms with E-state index in [9.17, 15) is 51.0 Å². The van der Waals surface area contributed by atoms with Crippen molar-refractivity contribution < 1.29 is 97.4 Å². The Bertz CT molecular complexity index is 3200. The van der Waals surface area contributed by atoms with Crippen LogP contribution in [0.2, 0.25) is 0 Å². The Morgan fingerprint density at radius 1 is 0.696 bits per heavy atom. The highest BCUT2D eigenvalue weighted by Gasteiger charge is 2.53. The third kappa shape index (κ3) is 14.2. The van der Waals surface area contributed by atoms with E-state index in [-0.39, 0.29) is 107 Å². The number of aliphatic hydroxyl groups is 1. The molecular formula is C43H55F4N11O19P2. The number of rotatable bonds is 22. The van der Waals surface area contributed by atoms with Crippen molar-refractivity contribution >= 4 is 61.3 Å². The van der Waals surface area contributed by atoms with Crippen LogP contribution in [0.1, 0.15) is 30.9 Å². The molecule has 5 aromatic rings. The number of imidazole rings is 2. The summed E-state index contributed by atoms with van der Waals surface area (Å²) in [5.74, 6) is -10.8. The minimum Gasteiger partial charge on any atom is -0.420 e. The van der Waals surface area contributed by atoms with E-state index >= 15 is 0 Å². The van der Waals surface area contributed by atoms with Gasteiger partial charge in [-0.1, -0.05) is 0 Å². The molecule has 1 aromatic carbocycles. The number of amides is 1. The van der Waals surface area contributed by atoms with Gasteiger partial charge in [0, 0.05) is 25.3 Å². The molecule has 3 saturated heterocycles. The highest BCUT2D eigenvalue weighted by Crippen LogP contribution is 2.54. The van der Waals surface area contributed by atoms with Gasteiger partial charge in [0.25, 0.3) is 11.1 Å². The van der Waals surface area contributed by atoms with E-state index in [0.717, 1.165) is 20.3 Å². The number of H-pyrrole nitrogens is 2. The quantitative estimate of drug-likeness (QED) is 0.0140. The van der Waals surface area contributed by atoms with Crippen molar-refractivity contribution in [3.63, 3.8) is 0 Å². The Labute approximate surface area is 443 Å². The monoisotopic (exact) mass is 1170 g/mol. The molecule has 7 heterocycles. The summed E-state index contributed by atoms with van der Waals surface area (Å²) in [6.07, 6.45) is -8.09. The van der Waals surface area contributed by atoms with Crippen molar-refractivity contribution in [1.82, 2.24) is 44.4 Å². The second-order valence-electron chi connectivity index (χ2n) is 17.8. The van der Waals surface area contributed by atoms with Gasteiger partial charge in [0.05, 0.1) is 98.4 Å². The summed E-state index contributed by atoms with van der Waals surface area (Å²) in [6.45, 7) is 2.69. The number of carbonyl (C=O) groups excluding carboxylic acids is 2. The Kier molecular flexibility index (Phi) is 19.3. The molecule has 0 bridgehead atoms. The molecule has 8 N–H and O–H groups in total. The van der Waals surface area contributed by atoms with Crippen LogP contribution in [0.3, 0.4) is 0 Å². The summed E-state index contributed by atoms with van der Waals surface area (Å²) in [5, 5.41) is 14.4. The molecule has 10 atom stereocenters. The summed E-state index contributed by atoms with van der Waals surface area (Å²) in [5.41, 5.74) is 9.01. The Hall–Kier alpha value is -5.84. The number of esters is 1. The number of hydrogen-bond donors (Lipinski definition) is 6. The molecule has 0 saturated carbocycles. The van der Waals surface area contributed by atoms with Gasteiger partial charge in [0.2, 0.25) is 35.2 Å². The number of nitrogen functional groups attached to an aromatic ring is 2. The number of aliphatic hydroxyl groups excluding tert-OH is 1. The van der Waals surface area contributed by atoms with Gasteiger partial charge in [0.1, 0.15) is 36.6 Å². The molecular weight excluding hydrogens is 1110 g/mol. The first-order valence-electron chi connectivity index (χ1n) is 24.1. The van der Waals surface area contributed by atoms with Crippen molar-refractivity contribution in [2.45, 2.75) is 68.8 Å². The van der Waals surface area contributed by atoms with Crippen LogP contribution in [0.5, 0.6) is 5.75 Å². The second-order valence-corrected chi connectivity index (χ2v) is 21.8. The molecule has 1 amide bonds. The lowest BCUT2D eigenvalue weighted by Crippen LogP contribution is -2.48. The molecule has 0 spiro atoms. The zero-order valence-electron chi connectivity index (χ0n) is 42.2. The van der Waals surface area contributed by atoms with Crippen LogP contribution in [0, 0.1) is 30.2 Å². The molecule has 3 aliphatic rings. The Morgan fingerprint density at radius 2 is 1.13 bits per heavy atom. The lowest BCUT2D eigenvalue weighted by molar-refractivity contribution is -0.136. The highest BCUT2D eigenvalue weighted by atomic mass is 31.2. The first-order chi connectivity index (χ1) is 37.6. The highest BCUT2D eigenvalue weighted by molar-refractivity contribution is 7.53. The molecule has 0 aliphatic carbocycles. The number of halogens is 4. The van der Waals surface area contributed by atoms with Gasteiger partial charge in [-0.15, -0.1) is 0 Å². The van der Waals surface area contributed by atoms with E-state index in [1.54, 1.807) is 0 Å². The average molecular weight is 1170 g/mol. The number of aromatic nitrogens is 8. The number of fused-ring (bicyclic) bond motifs is 4. The standard InChI is InChI=1S/C43H55F4N11O19P2/c1-20-25(44)27(46)35(28(47)26(20)45)75-24(60)5-7-67-9-11-69-13-15-70-14-12-68-10-8-66-6-4-23(59)52-29-33-21(73-40(29)57-18-50-30-36(57)53-42(48)55-38(30)62)16-71-79(3,65)77-34-22(17-72-78(2,64)76-33)74-41(32(34)61)58-19-51-31-37(58)54-43(49)56-39(31)63/h18-19,21-22,29,32-34,40-41,61H,4-17H2,1-3H3,(H,52,59)(H3,48,53,55,62)(H3,49,54,56,63)/t21-,22-,29?,32?,33+,34+,40-,41-,78?,79?/m1/s1. The number of anilines is 2. The van der Waals surface area contributed by atoms with E-state index in [2.05, 4.69) is 40.0 Å². The van der Waals surface area contributed by atoms with Gasteiger partial charge >= 0.3 is 21.2 Å². The van der Waals surface area contributed by atoms with Crippen LogP contribution in [0.25, 0.3) is 22.3 Å². The Balaban J connectivity index is 0.791. The average Bonchev–Trinajstić information content (AvgIpc) is 4.26. The van der Waals surface area contributed by atoms with Crippen molar-refractivity contribution in [1.29, 1.82) is 0 Å². The summed E-state index contributed by atoms with van der Waals surface area (Å²) >= 11 is 0. The lowest BCUT2D eigenvalue weighted by atomic mass is 10.1.